The van der Waals surface area contributed by atoms with Gasteiger partial charge in [-0.3, -0.25) is 20.7 Å². The molecule has 9 atom stereocenters. The molecule has 4 rings (SSSR count). The number of piperidine rings is 1. The highest BCUT2D eigenvalue weighted by molar-refractivity contribution is 7.91. The van der Waals surface area contributed by atoms with Crippen molar-refractivity contribution >= 4 is 15.7 Å². The van der Waals surface area contributed by atoms with Gasteiger partial charge in [-0.1, -0.05) is 13.8 Å². The van der Waals surface area contributed by atoms with Gasteiger partial charge in [0.15, 0.2) is 9.84 Å². The summed E-state index contributed by atoms with van der Waals surface area (Å²) in [4.78, 5) is 13.1. The molecular formula is C25H47N5O3S. The van der Waals surface area contributed by atoms with Crippen molar-refractivity contribution in [1.82, 2.24) is 26.6 Å². The zero-order valence-electron chi connectivity index (χ0n) is 21.3. The van der Waals surface area contributed by atoms with Crippen LogP contribution in [0.15, 0.2) is 0 Å². The minimum absolute atomic E-state index is 0.0534. The van der Waals surface area contributed by atoms with Gasteiger partial charge in [-0.05, 0) is 95.2 Å². The Morgan fingerprint density at radius 3 is 2.47 bits per heavy atom. The smallest absolute Gasteiger partial charge is 0.223 e. The maximum atomic E-state index is 13.1. The van der Waals surface area contributed by atoms with Crippen LogP contribution in [-0.2, 0) is 14.6 Å². The first-order chi connectivity index (χ1) is 16.2. The number of carbonyl (C=O) groups excluding carboxylic acids is 1. The summed E-state index contributed by atoms with van der Waals surface area (Å²) in [7, 11) is -3.13. The Morgan fingerprint density at radius 1 is 0.941 bits per heavy atom. The van der Waals surface area contributed by atoms with Crippen molar-refractivity contribution in [1.29, 1.82) is 0 Å². The molecule has 9 heteroatoms. The molecule has 0 spiro atoms. The zero-order chi connectivity index (χ0) is 24.3. The molecule has 5 N–H and O–H groups in total. The third-order valence-corrected chi connectivity index (χ3v) is 10.8. The van der Waals surface area contributed by atoms with Gasteiger partial charge in [-0.15, -0.1) is 0 Å². The predicted octanol–water partition coefficient (Wildman–Crippen LogP) is 1.33. The van der Waals surface area contributed by atoms with Gasteiger partial charge in [0.1, 0.15) is 6.29 Å². The normalized spacial score (nSPS) is 42.1. The third kappa shape index (κ3) is 6.72. The lowest BCUT2D eigenvalue weighted by atomic mass is 9.80. The lowest BCUT2D eigenvalue weighted by molar-refractivity contribution is -0.127. The zero-order valence-corrected chi connectivity index (χ0v) is 22.1. The molecule has 1 amide bonds. The third-order valence-electron chi connectivity index (χ3n) is 9.05. The highest BCUT2D eigenvalue weighted by atomic mass is 32.2. The molecule has 0 aromatic rings. The summed E-state index contributed by atoms with van der Waals surface area (Å²) < 4.78 is 24.4. The summed E-state index contributed by atoms with van der Waals surface area (Å²) >= 11 is 0. The van der Waals surface area contributed by atoms with Gasteiger partial charge in [-0.25, -0.2) is 8.42 Å². The van der Waals surface area contributed by atoms with E-state index in [1.165, 1.54) is 19.1 Å². The first kappa shape index (κ1) is 26.3. The maximum absolute atomic E-state index is 13.1. The van der Waals surface area contributed by atoms with Crippen LogP contribution in [0.25, 0.3) is 0 Å². The van der Waals surface area contributed by atoms with Crippen molar-refractivity contribution in [3.8, 4) is 0 Å². The second-order valence-corrected chi connectivity index (χ2v) is 13.9. The summed E-state index contributed by atoms with van der Waals surface area (Å²) in [6.45, 7) is 7.58. The van der Waals surface area contributed by atoms with E-state index in [-0.39, 0.29) is 30.1 Å². The molecule has 4 aliphatic rings. The molecule has 2 saturated carbocycles. The summed E-state index contributed by atoms with van der Waals surface area (Å²) in [5.41, 5.74) is 0. The van der Waals surface area contributed by atoms with E-state index in [9.17, 15) is 13.2 Å². The van der Waals surface area contributed by atoms with Gasteiger partial charge >= 0.3 is 0 Å². The second kappa shape index (κ2) is 11.5. The number of carbonyl (C=O) groups is 1. The van der Waals surface area contributed by atoms with Crippen LogP contribution in [0.3, 0.4) is 0 Å². The largest absolute Gasteiger partial charge is 0.353 e. The van der Waals surface area contributed by atoms with E-state index in [0.717, 1.165) is 58.2 Å². The van der Waals surface area contributed by atoms with Gasteiger partial charge in [0.05, 0.1) is 5.25 Å². The van der Waals surface area contributed by atoms with E-state index in [1.54, 1.807) is 0 Å². The molecule has 196 valence electrons. The van der Waals surface area contributed by atoms with E-state index < -0.39 is 15.1 Å². The molecule has 9 unspecified atom stereocenters. The highest BCUT2D eigenvalue weighted by Gasteiger charge is 2.39. The first-order valence-corrected chi connectivity index (χ1v) is 15.6. The fourth-order valence-corrected chi connectivity index (χ4v) is 8.34. The average Bonchev–Trinajstić information content (AvgIpc) is 2.81. The van der Waals surface area contributed by atoms with Gasteiger partial charge in [0, 0.05) is 30.3 Å². The Morgan fingerprint density at radius 2 is 1.74 bits per heavy atom. The molecule has 0 bridgehead atoms. The maximum Gasteiger partial charge on any atom is 0.223 e. The van der Waals surface area contributed by atoms with E-state index in [4.69, 9.17) is 0 Å². The SMILES string of the molecule is CC1CCC(NC(=O)C2CCC(C)C(S(C)(=O)=O)C2)CC1NC1NCCC(C2CCCNC2)N1. The topological polar surface area (TPSA) is 111 Å². The summed E-state index contributed by atoms with van der Waals surface area (Å²) in [5, 5.41) is 17.7. The molecule has 2 heterocycles. The second-order valence-electron chi connectivity index (χ2n) is 11.7. The molecule has 2 saturated heterocycles. The predicted molar refractivity (Wildman–Crippen MR) is 136 cm³/mol. The molecule has 0 radical (unpaired) electrons. The lowest BCUT2D eigenvalue weighted by Gasteiger charge is -2.43. The summed E-state index contributed by atoms with van der Waals surface area (Å²) in [6.07, 6.45) is 10.2. The van der Waals surface area contributed by atoms with Gasteiger partial charge in [0.2, 0.25) is 5.91 Å². The van der Waals surface area contributed by atoms with Crippen LogP contribution in [0.2, 0.25) is 0 Å². The van der Waals surface area contributed by atoms with E-state index in [1.807, 2.05) is 6.92 Å². The van der Waals surface area contributed by atoms with Crippen LogP contribution >= 0.6 is 0 Å². The number of rotatable bonds is 6. The van der Waals surface area contributed by atoms with Crippen LogP contribution in [0.5, 0.6) is 0 Å². The van der Waals surface area contributed by atoms with E-state index in [0.29, 0.717) is 30.3 Å². The molecule has 8 nitrogen and oxygen atoms in total. The van der Waals surface area contributed by atoms with E-state index in [2.05, 4.69) is 33.5 Å². The van der Waals surface area contributed by atoms with Crippen molar-refractivity contribution in [2.24, 2.45) is 23.7 Å². The fraction of sp³-hybridized carbons (Fsp3) is 0.960. The number of hydrogen-bond donors (Lipinski definition) is 5. The summed E-state index contributed by atoms with van der Waals surface area (Å²) in [5.74, 6) is 1.25. The van der Waals surface area contributed by atoms with Gasteiger partial charge in [-0.2, -0.15) is 0 Å². The van der Waals surface area contributed by atoms with E-state index >= 15 is 0 Å². The summed E-state index contributed by atoms with van der Waals surface area (Å²) in [6, 6.07) is 1.03. The molecule has 0 aromatic heterocycles. The molecule has 2 aliphatic heterocycles. The minimum atomic E-state index is -3.13. The lowest BCUT2D eigenvalue weighted by Crippen LogP contribution is -2.66. The Kier molecular flexibility index (Phi) is 8.94. The van der Waals surface area contributed by atoms with Gasteiger partial charge in [0.25, 0.3) is 0 Å². The van der Waals surface area contributed by atoms with Crippen LogP contribution in [-0.4, -0.2) is 69.9 Å². The van der Waals surface area contributed by atoms with Crippen LogP contribution in [0.1, 0.15) is 71.6 Å². The van der Waals surface area contributed by atoms with Crippen LogP contribution < -0.4 is 26.6 Å². The molecule has 0 aromatic carbocycles. The Bertz CT molecular complexity index is 787. The highest BCUT2D eigenvalue weighted by Crippen LogP contribution is 2.34. The molecule has 2 aliphatic carbocycles. The molecular weight excluding hydrogens is 450 g/mol. The van der Waals surface area contributed by atoms with Crippen molar-refractivity contribution in [2.45, 2.75) is 101 Å². The monoisotopic (exact) mass is 497 g/mol. The van der Waals surface area contributed by atoms with Crippen molar-refractivity contribution in [2.75, 3.05) is 25.9 Å². The number of amides is 1. The Labute approximate surface area is 206 Å². The quantitative estimate of drug-likeness (QED) is 0.376. The van der Waals surface area contributed by atoms with Crippen LogP contribution in [0, 0.1) is 23.7 Å². The fourth-order valence-electron chi connectivity index (χ4n) is 6.77. The number of hydrogen-bond acceptors (Lipinski definition) is 7. The molecule has 4 fully saturated rings. The average molecular weight is 498 g/mol. The number of nitrogens with one attached hydrogen (secondary N) is 5. The van der Waals surface area contributed by atoms with Crippen molar-refractivity contribution in [3.63, 3.8) is 0 Å². The minimum Gasteiger partial charge on any atom is -0.353 e. The standard InChI is InChI=1S/C25H47N5O3S/c1-16-7-9-20(28-24(31)18-8-6-17(2)23(13-18)34(3,32)33)14-22(16)30-25-27-12-10-21(29-25)19-5-4-11-26-15-19/h16-23,25-27,29-30H,4-15H2,1-3H3,(H,28,31). The van der Waals surface area contributed by atoms with Crippen molar-refractivity contribution < 1.29 is 13.2 Å². The van der Waals surface area contributed by atoms with Crippen LogP contribution in [0.4, 0.5) is 0 Å². The van der Waals surface area contributed by atoms with Crippen molar-refractivity contribution in [3.05, 3.63) is 0 Å². The first-order valence-electron chi connectivity index (χ1n) is 13.7. The van der Waals surface area contributed by atoms with Gasteiger partial charge < -0.3 is 10.6 Å². The molecule has 34 heavy (non-hydrogen) atoms. The Hall–Kier alpha value is -0.740. The number of sulfone groups is 1. The Balaban J connectivity index is 1.28.